The van der Waals surface area contributed by atoms with Gasteiger partial charge in [0.15, 0.2) is 11.5 Å². The van der Waals surface area contributed by atoms with Crippen LogP contribution in [0.25, 0.3) is 0 Å². The zero-order valence-electron chi connectivity index (χ0n) is 13.4. The monoisotopic (exact) mass is 345 g/mol. The van der Waals surface area contributed by atoms with Crippen molar-refractivity contribution in [3.63, 3.8) is 0 Å². The van der Waals surface area contributed by atoms with Crippen LogP contribution < -0.4 is 14.8 Å². The first-order chi connectivity index (χ1) is 11.7. The second-order valence-electron chi connectivity index (χ2n) is 5.33. The van der Waals surface area contributed by atoms with E-state index in [-0.39, 0.29) is 5.91 Å². The van der Waals surface area contributed by atoms with Gasteiger partial charge in [0.05, 0.1) is 24.1 Å². The molecule has 1 aliphatic rings. The highest BCUT2D eigenvalue weighted by atomic mass is 32.2. The summed E-state index contributed by atoms with van der Waals surface area (Å²) in [6, 6.07) is 5.85. The van der Waals surface area contributed by atoms with Crippen LogP contribution in [0, 0.1) is 6.92 Å². The third-order valence-corrected chi connectivity index (χ3v) is 4.41. The summed E-state index contributed by atoms with van der Waals surface area (Å²) in [5.41, 5.74) is 1.62. The normalized spacial score (nSPS) is 12.7. The lowest BCUT2D eigenvalue weighted by Crippen LogP contribution is -2.23. The van der Waals surface area contributed by atoms with Gasteiger partial charge in [-0.1, -0.05) is 0 Å². The van der Waals surface area contributed by atoms with Gasteiger partial charge in [-0.05, 0) is 25.1 Å². The molecule has 0 aliphatic carbocycles. The molecular weight excluding hydrogens is 326 g/mol. The Morgan fingerprint density at radius 1 is 1.21 bits per heavy atom. The van der Waals surface area contributed by atoms with E-state index in [1.54, 1.807) is 24.2 Å². The number of carbonyl (C=O) groups excluding carboxylic acids is 1. The maximum atomic E-state index is 11.9. The van der Waals surface area contributed by atoms with Gasteiger partial charge >= 0.3 is 0 Å². The Labute approximate surface area is 145 Å². The smallest absolute Gasteiger partial charge is 0.221 e. The van der Waals surface area contributed by atoms with Crippen molar-refractivity contribution >= 4 is 17.7 Å². The average Bonchev–Trinajstić information content (AvgIpc) is 2.61. The first-order valence-corrected chi connectivity index (χ1v) is 8.76. The minimum absolute atomic E-state index is 0.00224. The molecular formula is C17H19N3O3S. The highest BCUT2D eigenvalue weighted by molar-refractivity contribution is 7.99. The van der Waals surface area contributed by atoms with Gasteiger partial charge in [-0.2, -0.15) is 0 Å². The highest BCUT2D eigenvalue weighted by Crippen LogP contribution is 2.34. The molecule has 0 fully saturated rings. The van der Waals surface area contributed by atoms with Gasteiger partial charge in [0.1, 0.15) is 13.2 Å². The molecule has 2 aromatic rings. The summed E-state index contributed by atoms with van der Waals surface area (Å²) >= 11 is 1.62. The van der Waals surface area contributed by atoms with Crippen molar-refractivity contribution in [3.05, 3.63) is 42.0 Å². The van der Waals surface area contributed by atoms with E-state index < -0.39 is 0 Å². The highest BCUT2D eigenvalue weighted by Gasteiger charge is 2.12. The quantitative estimate of drug-likeness (QED) is 0.810. The van der Waals surface area contributed by atoms with Gasteiger partial charge in [-0.3, -0.25) is 14.8 Å². The Hall–Kier alpha value is -2.28. The molecule has 126 valence electrons. The van der Waals surface area contributed by atoms with E-state index in [1.807, 2.05) is 25.1 Å². The maximum absolute atomic E-state index is 11.9. The zero-order chi connectivity index (χ0) is 16.8. The van der Waals surface area contributed by atoms with E-state index in [2.05, 4.69) is 15.3 Å². The van der Waals surface area contributed by atoms with E-state index in [4.69, 9.17) is 9.47 Å². The van der Waals surface area contributed by atoms with Crippen LogP contribution in [0.2, 0.25) is 0 Å². The Morgan fingerprint density at radius 2 is 2.04 bits per heavy atom. The van der Waals surface area contributed by atoms with E-state index in [1.165, 1.54) is 0 Å². The molecule has 1 amide bonds. The van der Waals surface area contributed by atoms with Crippen molar-refractivity contribution in [2.45, 2.75) is 24.8 Å². The van der Waals surface area contributed by atoms with Crippen LogP contribution in [0.4, 0.5) is 0 Å². The predicted octanol–water partition coefficient (Wildman–Crippen LogP) is 2.35. The minimum atomic E-state index is 0.00224. The van der Waals surface area contributed by atoms with Gasteiger partial charge in [-0.25, -0.2) is 0 Å². The standard InChI is InChI=1S/C17H19N3O3S/c1-12-9-19-13(10-18-12)11-20-17(21)4-7-24-14-2-3-15-16(8-14)23-6-5-22-15/h2-3,8-10H,4-7,11H2,1H3,(H,20,21). The molecule has 3 rings (SSSR count). The number of nitrogens with zero attached hydrogens (tertiary/aromatic N) is 2. The van der Waals surface area contributed by atoms with Gasteiger partial charge < -0.3 is 14.8 Å². The molecule has 7 heteroatoms. The summed E-state index contributed by atoms with van der Waals surface area (Å²) < 4.78 is 11.1. The summed E-state index contributed by atoms with van der Waals surface area (Å²) in [4.78, 5) is 21.3. The summed E-state index contributed by atoms with van der Waals surface area (Å²) in [6.45, 7) is 3.45. The zero-order valence-corrected chi connectivity index (χ0v) is 14.3. The first kappa shape index (κ1) is 16.6. The molecule has 6 nitrogen and oxygen atoms in total. The van der Waals surface area contributed by atoms with Gasteiger partial charge in [0.25, 0.3) is 0 Å². The number of aromatic nitrogens is 2. The molecule has 0 saturated carbocycles. The lowest BCUT2D eigenvalue weighted by molar-refractivity contribution is -0.120. The van der Waals surface area contributed by atoms with Crippen molar-refractivity contribution in [2.75, 3.05) is 19.0 Å². The number of rotatable bonds is 6. The van der Waals surface area contributed by atoms with Gasteiger partial charge in [0, 0.05) is 23.3 Å². The average molecular weight is 345 g/mol. The van der Waals surface area contributed by atoms with Gasteiger partial charge in [0.2, 0.25) is 5.91 Å². The third-order valence-electron chi connectivity index (χ3n) is 3.41. The maximum Gasteiger partial charge on any atom is 0.221 e. The molecule has 1 aromatic heterocycles. The molecule has 1 aliphatic heterocycles. The SMILES string of the molecule is Cc1cnc(CNC(=O)CCSc2ccc3c(c2)OCCO3)cn1. The minimum Gasteiger partial charge on any atom is -0.486 e. The number of amides is 1. The molecule has 0 spiro atoms. The molecule has 0 radical (unpaired) electrons. The van der Waals surface area contributed by atoms with Crippen LogP contribution in [0.5, 0.6) is 11.5 Å². The Bertz CT molecular complexity index is 707. The fourth-order valence-corrected chi connectivity index (χ4v) is 3.04. The largest absolute Gasteiger partial charge is 0.486 e. The number of hydrogen-bond donors (Lipinski definition) is 1. The molecule has 0 unspecified atom stereocenters. The van der Waals surface area contributed by atoms with Crippen molar-refractivity contribution in [1.29, 1.82) is 0 Å². The number of thioether (sulfide) groups is 1. The second kappa shape index (κ2) is 8.01. The van der Waals surface area contributed by atoms with Crippen molar-refractivity contribution in [1.82, 2.24) is 15.3 Å². The van der Waals surface area contributed by atoms with Crippen molar-refractivity contribution in [2.24, 2.45) is 0 Å². The molecule has 0 saturated heterocycles. The van der Waals surface area contributed by atoms with E-state index >= 15 is 0 Å². The molecule has 0 atom stereocenters. The van der Waals surface area contributed by atoms with Crippen LogP contribution in [-0.4, -0.2) is 34.8 Å². The van der Waals surface area contributed by atoms with E-state index in [0.717, 1.165) is 27.8 Å². The first-order valence-electron chi connectivity index (χ1n) is 7.77. The Morgan fingerprint density at radius 3 is 2.83 bits per heavy atom. The summed E-state index contributed by atoms with van der Waals surface area (Å²) in [5, 5.41) is 2.86. The van der Waals surface area contributed by atoms with Crippen molar-refractivity contribution in [3.8, 4) is 11.5 Å². The number of nitrogens with one attached hydrogen (secondary N) is 1. The molecule has 2 heterocycles. The number of benzene rings is 1. The van der Waals surface area contributed by atoms with E-state index in [0.29, 0.717) is 31.9 Å². The molecule has 1 aromatic carbocycles. The Kier molecular flexibility index (Phi) is 5.53. The third kappa shape index (κ3) is 4.61. The Balaban J connectivity index is 1.41. The lowest BCUT2D eigenvalue weighted by Gasteiger charge is -2.18. The summed E-state index contributed by atoms with van der Waals surface area (Å²) in [7, 11) is 0. The van der Waals surface area contributed by atoms with Crippen molar-refractivity contribution < 1.29 is 14.3 Å². The summed E-state index contributed by atoms with van der Waals surface area (Å²) in [6.07, 6.45) is 3.82. The molecule has 24 heavy (non-hydrogen) atoms. The van der Waals surface area contributed by atoms with Crippen LogP contribution in [-0.2, 0) is 11.3 Å². The molecule has 0 bridgehead atoms. The van der Waals surface area contributed by atoms with Crippen LogP contribution in [0.15, 0.2) is 35.5 Å². The number of fused-ring (bicyclic) bond motifs is 1. The number of carbonyl (C=O) groups is 1. The fraction of sp³-hybridized carbons (Fsp3) is 0.353. The topological polar surface area (TPSA) is 73.3 Å². The van der Waals surface area contributed by atoms with Crippen LogP contribution in [0.3, 0.4) is 0 Å². The van der Waals surface area contributed by atoms with E-state index in [9.17, 15) is 4.79 Å². The lowest BCUT2D eigenvalue weighted by atomic mass is 10.3. The van der Waals surface area contributed by atoms with Crippen LogP contribution in [0.1, 0.15) is 17.8 Å². The summed E-state index contributed by atoms with van der Waals surface area (Å²) in [5.74, 6) is 2.25. The predicted molar refractivity (Wildman–Crippen MR) is 91.4 cm³/mol. The molecule has 1 N–H and O–H groups in total. The fourth-order valence-electron chi connectivity index (χ4n) is 2.16. The number of hydrogen-bond acceptors (Lipinski definition) is 6. The van der Waals surface area contributed by atoms with Gasteiger partial charge in [-0.15, -0.1) is 11.8 Å². The number of ether oxygens (including phenoxy) is 2. The number of aryl methyl sites for hydroxylation is 1. The van der Waals surface area contributed by atoms with Crippen LogP contribution >= 0.6 is 11.8 Å². The second-order valence-corrected chi connectivity index (χ2v) is 6.50.